The summed E-state index contributed by atoms with van der Waals surface area (Å²) >= 11 is 1.78. The maximum absolute atomic E-state index is 9.48. The lowest BCUT2D eigenvalue weighted by Gasteiger charge is -2.25. The lowest BCUT2D eigenvalue weighted by Crippen LogP contribution is -2.33. The number of anilines is 2. The molecule has 1 N–H and O–H groups in total. The van der Waals surface area contributed by atoms with Gasteiger partial charge in [0.1, 0.15) is 18.0 Å². The van der Waals surface area contributed by atoms with Crippen LogP contribution in [0.4, 0.5) is 11.6 Å². The van der Waals surface area contributed by atoms with Crippen LogP contribution in [0.25, 0.3) is 0 Å². The molecule has 22 heavy (non-hydrogen) atoms. The fourth-order valence-electron chi connectivity index (χ4n) is 2.89. The Bertz CT molecular complexity index is 630. The number of rotatable bonds is 5. The number of aromatic nitrogens is 2. The summed E-state index contributed by atoms with van der Waals surface area (Å²) in [5.74, 6) is 1.83. The summed E-state index contributed by atoms with van der Waals surface area (Å²) in [7, 11) is 2.05. The van der Waals surface area contributed by atoms with Crippen LogP contribution in [0.3, 0.4) is 0 Å². The van der Waals surface area contributed by atoms with Crippen molar-refractivity contribution in [2.24, 2.45) is 0 Å². The van der Waals surface area contributed by atoms with Gasteiger partial charge in [0, 0.05) is 24.5 Å². The van der Waals surface area contributed by atoms with Gasteiger partial charge in [-0.25, -0.2) is 9.97 Å². The van der Waals surface area contributed by atoms with E-state index in [0.29, 0.717) is 0 Å². The van der Waals surface area contributed by atoms with Crippen molar-refractivity contribution in [2.75, 3.05) is 30.0 Å². The fourth-order valence-corrected chi connectivity index (χ4v) is 3.85. The smallest absolute Gasteiger partial charge is 0.134 e. The van der Waals surface area contributed by atoms with Crippen molar-refractivity contribution in [1.29, 1.82) is 0 Å². The highest BCUT2D eigenvalue weighted by molar-refractivity contribution is 7.10. The predicted molar refractivity (Wildman–Crippen MR) is 90.6 cm³/mol. The van der Waals surface area contributed by atoms with Crippen LogP contribution in [-0.4, -0.2) is 41.3 Å². The molecule has 2 aromatic rings. The molecular formula is C16H22N4OS. The molecule has 1 fully saturated rings. The van der Waals surface area contributed by atoms with E-state index in [2.05, 4.69) is 45.2 Å². The molecule has 1 saturated heterocycles. The second-order valence-corrected chi connectivity index (χ2v) is 6.79. The second-order valence-electron chi connectivity index (χ2n) is 5.79. The second kappa shape index (κ2) is 6.62. The van der Waals surface area contributed by atoms with E-state index in [4.69, 9.17) is 0 Å². The van der Waals surface area contributed by atoms with Crippen molar-refractivity contribution in [3.8, 4) is 0 Å². The van der Waals surface area contributed by atoms with Gasteiger partial charge in [0.05, 0.1) is 19.2 Å². The molecule has 1 aliphatic heterocycles. The average molecular weight is 318 g/mol. The lowest BCUT2D eigenvalue weighted by atomic mass is 10.2. The Morgan fingerprint density at radius 3 is 3.05 bits per heavy atom. The topological polar surface area (TPSA) is 52.5 Å². The molecule has 0 aliphatic carbocycles. The Kier molecular flexibility index (Phi) is 4.59. The molecule has 3 heterocycles. The monoisotopic (exact) mass is 318 g/mol. The van der Waals surface area contributed by atoms with Gasteiger partial charge < -0.3 is 14.9 Å². The highest BCUT2D eigenvalue weighted by Gasteiger charge is 2.25. The van der Waals surface area contributed by atoms with Gasteiger partial charge in [-0.15, -0.1) is 11.3 Å². The van der Waals surface area contributed by atoms with Crippen molar-refractivity contribution in [1.82, 2.24) is 9.97 Å². The third kappa shape index (κ3) is 3.08. The minimum absolute atomic E-state index is 0.184. The van der Waals surface area contributed by atoms with Crippen molar-refractivity contribution in [2.45, 2.75) is 32.4 Å². The van der Waals surface area contributed by atoms with Crippen molar-refractivity contribution >= 4 is 23.0 Å². The van der Waals surface area contributed by atoms with Crippen molar-refractivity contribution < 1.29 is 5.11 Å². The maximum Gasteiger partial charge on any atom is 0.134 e. The van der Waals surface area contributed by atoms with Crippen LogP contribution in [0, 0.1) is 6.92 Å². The third-order valence-corrected chi connectivity index (χ3v) is 5.27. The number of nitrogens with zero attached hydrogens (tertiary/aromatic N) is 4. The predicted octanol–water partition coefficient (Wildman–Crippen LogP) is 2.44. The number of aryl methyl sites for hydroxylation is 1. The zero-order valence-electron chi connectivity index (χ0n) is 13.1. The van der Waals surface area contributed by atoms with E-state index < -0.39 is 0 Å². The van der Waals surface area contributed by atoms with Crippen LogP contribution >= 0.6 is 11.3 Å². The van der Waals surface area contributed by atoms with Crippen LogP contribution in [0.5, 0.6) is 0 Å². The van der Waals surface area contributed by atoms with Crippen LogP contribution in [0.1, 0.15) is 23.3 Å². The minimum atomic E-state index is 0.184. The molecule has 1 atom stereocenters. The summed E-state index contributed by atoms with van der Waals surface area (Å²) in [4.78, 5) is 14.5. The Morgan fingerprint density at radius 1 is 1.45 bits per heavy atom. The molecule has 118 valence electrons. The molecule has 0 unspecified atom stereocenters. The normalized spacial score (nSPS) is 18.0. The van der Waals surface area contributed by atoms with Crippen molar-refractivity contribution in [3.05, 3.63) is 34.3 Å². The minimum Gasteiger partial charge on any atom is -0.394 e. The Hall–Kier alpha value is -1.66. The van der Waals surface area contributed by atoms with Crippen LogP contribution in [0.2, 0.25) is 0 Å². The molecular weight excluding hydrogens is 296 g/mol. The van der Waals surface area contributed by atoms with Crippen LogP contribution < -0.4 is 9.80 Å². The number of hydrogen-bond acceptors (Lipinski definition) is 6. The highest BCUT2D eigenvalue weighted by Crippen LogP contribution is 2.26. The molecule has 2 aromatic heterocycles. The Morgan fingerprint density at radius 2 is 2.32 bits per heavy atom. The van der Waals surface area contributed by atoms with Gasteiger partial charge in [-0.05, 0) is 36.8 Å². The van der Waals surface area contributed by atoms with Gasteiger partial charge in [0.15, 0.2) is 0 Å². The number of aliphatic hydroxyl groups is 1. The molecule has 1 aliphatic rings. The highest BCUT2D eigenvalue weighted by atomic mass is 32.1. The zero-order chi connectivity index (χ0) is 15.5. The number of thiophene rings is 1. The molecule has 3 rings (SSSR count). The molecule has 5 nitrogen and oxygen atoms in total. The average Bonchev–Trinajstić information content (AvgIpc) is 3.16. The summed E-state index contributed by atoms with van der Waals surface area (Å²) in [5.41, 5.74) is 1.33. The Balaban J connectivity index is 1.77. The first-order valence-corrected chi connectivity index (χ1v) is 8.50. The molecule has 0 saturated carbocycles. The quantitative estimate of drug-likeness (QED) is 0.918. The first kappa shape index (κ1) is 15.2. The molecule has 6 heteroatoms. The summed E-state index contributed by atoms with van der Waals surface area (Å²) in [6.07, 6.45) is 3.75. The molecule has 0 bridgehead atoms. The Labute approximate surface area is 135 Å². The van der Waals surface area contributed by atoms with Crippen LogP contribution in [0.15, 0.2) is 23.8 Å². The number of hydrogen-bond donors (Lipinski definition) is 1. The molecule has 0 amide bonds. The largest absolute Gasteiger partial charge is 0.394 e. The lowest BCUT2D eigenvalue weighted by molar-refractivity contribution is 0.266. The van der Waals surface area contributed by atoms with Gasteiger partial charge in [-0.2, -0.15) is 0 Å². The van der Waals surface area contributed by atoms with E-state index in [1.165, 1.54) is 10.4 Å². The first-order valence-electron chi connectivity index (χ1n) is 7.62. The van der Waals surface area contributed by atoms with E-state index in [9.17, 15) is 5.11 Å². The van der Waals surface area contributed by atoms with Gasteiger partial charge in [-0.1, -0.05) is 0 Å². The van der Waals surface area contributed by atoms with E-state index in [0.717, 1.165) is 37.6 Å². The maximum atomic E-state index is 9.48. The van der Waals surface area contributed by atoms with E-state index in [-0.39, 0.29) is 12.6 Å². The van der Waals surface area contributed by atoms with Gasteiger partial charge in [0.2, 0.25) is 0 Å². The van der Waals surface area contributed by atoms with E-state index in [1.54, 1.807) is 17.7 Å². The summed E-state index contributed by atoms with van der Waals surface area (Å²) in [6.45, 7) is 4.13. The first-order chi connectivity index (χ1) is 10.7. The van der Waals surface area contributed by atoms with Gasteiger partial charge in [0.25, 0.3) is 0 Å². The van der Waals surface area contributed by atoms with Gasteiger partial charge >= 0.3 is 0 Å². The zero-order valence-corrected chi connectivity index (χ0v) is 13.9. The molecule has 0 spiro atoms. The third-order valence-electron chi connectivity index (χ3n) is 4.26. The summed E-state index contributed by atoms with van der Waals surface area (Å²) in [5, 5.41) is 11.6. The van der Waals surface area contributed by atoms with E-state index in [1.807, 2.05) is 6.07 Å². The summed E-state index contributed by atoms with van der Waals surface area (Å²) < 4.78 is 0. The van der Waals surface area contributed by atoms with Crippen LogP contribution in [-0.2, 0) is 6.54 Å². The van der Waals surface area contributed by atoms with Gasteiger partial charge in [-0.3, -0.25) is 0 Å². The van der Waals surface area contributed by atoms with E-state index >= 15 is 0 Å². The SMILES string of the molecule is Cc1ccsc1CN(C)c1cc(N2CCC[C@@H]2CO)ncn1. The molecule has 0 radical (unpaired) electrons. The standard InChI is InChI=1S/C16H22N4OS/c1-12-5-7-22-14(12)9-19(2)15-8-16(18-11-17-15)20-6-3-4-13(20)10-21/h5,7-8,11,13,21H,3-4,6,9-10H2,1-2H3/t13-/m1/s1. The van der Waals surface area contributed by atoms with Crippen molar-refractivity contribution in [3.63, 3.8) is 0 Å². The molecule has 0 aromatic carbocycles. The summed E-state index contributed by atoms with van der Waals surface area (Å²) in [6, 6.07) is 4.36. The fraction of sp³-hybridized carbons (Fsp3) is 0.500. The number of aliphatic hydroxyl groups excluding tert-OH is 1.